The highest BCUT2D eigenvalue weighted by Crippen LogP contribution is 2.37. The lowest BCUT2D eigenvalue weighted by molar-refractivity contribution is 0.339. The van der Waals surface area contributed by atoms with Gasteiger partial charge in [0, 0.05) is 13.6 Å². The number of phenolic OH excluding ortho intramolecular Hbond substituents is 1. The summed E-state index contributed by atoms with van der Waals surface area (Å²) in [6.07, 6.45) is 0. The van der Waals surface area contributed by atoms with E-state index in [4.69, 9.17) is 9.47 Å². The second-order valence-electron chi connectivity index (χ2n) is 6.15. The molecule has 0 spiro atoms. The SMILES string of the molecule is CN=C(NCc1cc(OC)c(O)c(OC)c1)NC(C)c1ccc(C)c(F)c1.I. The molecule has 0 aliphatic rings. The van der Waals surface area contributed by atoms with Crippen LogP contribution in [0.25, 0.3) is 0 Å². The van der Waals surface area contributed by atoms with E-state index in [1.807, 2.05) is 13.0 Å². The first kappa shape index (κ1) is 23.8. The Morgan fingerprint density at radius 3 is 2.29 bits per heavy atom. The fourth-order valence-corrected chi connectivity index (χ4v) is 2.60. The molecule has 0 radical (unpaired) electrons. The van der Waals surface area contributed by atoms with Gasteiger partial charge in [-0.3, -0.25) is 4.99 Å². The molecule has 28 heavy (non-hydrogen) atoms. The third-order valence-corrected chi connectivity index (χ3v) is 4.27. The minimum absolute atomic E-state index is 0. The zero-order chi connectivity index (χ0) is 20.0. The minimum atomic E-state index is -0.229. The smallest absolute Gasteiger partial charge is 0.200 e. The van der Waals surface area contributed by atoms with Crippen molar-refractivity contribution in [2.24, 2.45) is 4.99 Å². The number of rotatable bonds is 6. The van der Waals surface area contributed by atoms with E-state index in [-0.39, 0.29) is 41.6 Å². The number of phenols is 1. The van der Waals surface area contributed by atoms with Gasteiger partial charge in [-0.05, 0) is 48.7 Å². The second-order valence-corrected chi connectivity index (χ2v) is 6.15. The fourth-order valence-electron chi connectivity index (χ4n) is 2.60. The predicted molar refractivity (Wildman–Crippen MR) is 120 cm³/mol. The molecule has 2 aromatic rings. The molecule has 0 bridgehead atoms. The van der Waals surface area contributed by atoms with Gasteiger partial charge >= 0.3 is 0 Å². The normalized spacial score (nSPS) is 12.0. The maximum absolute atomic E-state index is 13.8. The summed E-state index contributed by atoms with van der Waals surface area (Å²) in [7, 11) is 4.62. The van der Waals surface area contributed by atoms with Crippen molar-refractivity contribution in [2.75, 3.05) is 21.3 Å². The van der Waals surface area contributed by atoms with Gasteiger partial charge in [-0.25, -0.2) is 4.39 Å². The number of nitrogens with zero attached hydrogens (tertiary/aromatic N) is 1. The van der Waals surface area contributed by atoms with Crippen LogP contribution in [0, 0.1) is 12.7 Å². The zero-order valence-corrected chi connectivity index (χ0v) is 19.0. The molecule has 0 heterocycles. The fraction of sp³-hybridized carbons (Fsp3) is 0.350. The number of aryl methyl sites for hydroxylation is 1. The minimum Gasteiger partial charge on any atom is -0.502 e. The van der Waals surface area contributed by atoms with Crippen molar-refractivity contribution in [3.8, 4) is 17.2 Å². The lowest BCUT2D eigenvalue weighted by atomic mass is 10.1. The molecule has 0 aliphatic heterocycles. The molecule has 2 aromatic carbocycles. The Morgan fingerprint density at radius 2 is 1.79 bits per heavy atom. The number of aliphatic imine (C=N–C) groups is 1. The predicted octanol–water partition coefficient (Wildman–Crippen LogP) is 3.90. The molecule has 0 aliphatic carbocycles. The Bertz CT molecular complexity index is 805. The lowest BCUT2D eigenvalue weighted by Gasteiger charge is -2.19. The molecule has 0 saturated heterocycles. The quantitative estimate of drug-likeness (QED) is 0.317. The van der Waals surface area contributed by atoms with E-state index in [0.717, 1.165) is 11.1 Å². The number of benzene rings is 2. The van der Waals surface area contributed by atoms with Crippen LogP contribution in [0.1, 0.15) is 29.7 Å². The average molecular weight is 503 g/mol. The first-order valence-corrected chi connectivity index (χ1v) is 8.56. The van der Waals surface area contributed by atoms with E-state index in [1.165, 1.54) is 20.3 Å². The van der Waals surface area contributed by atoms with Crippen LogP contribution >= 0.6 is 24.0 Å². The molecular weight excluding hydrogens is 476 g/mol. The van der Waals surface area contributed by atoms with Crippen LogP contribution in [0.15, 0.2) is 35.3 Å². The number of hydrogen-bond acceptors (Lipinski definition) is 4. The van der Waals surface area contributed by atoms with Gasteiger partial charge in [0.15, 0.2) is 17.5 Å². The molecule has 0 fully saturated rings. The molecule has 6 nitrogen and oxygen atoms in total. The van der Waals surface area contributed by atoms with E-state index >= 15 is 0 Å². The summed E-state index contributed by atoms with van der Waals surface area (Å²) in [5, 5.41) is 16.4. The molecule has 2 rings (SSSR count). The van der Waals surface area contributed by atoms with Gasteiger partial charge in [0.1, 0.15) is 5.82 Å². The van der Waals surface area contributed by atoms with Crippen LogP contribution in [-0.2, 0) is 6.54 Å². The summed E-state index contributed by atoms with van der Waals surface area (Å²) in [5.74, 6) is 0.957. The summed E-state index contributed by atoms with van der Waals surface area (Å²) < 4.78 is 24.1. The van der Waals surface area contributed by atoms with Crippen molar-refractivity contribution in [2.45, 2.75) is 26.4 Å². The molecule has 3 N–H and O–H groups in total. The summed E-state index contributed by atoms with van der Waals surface area (Å²) in [4.78, 5) is 4.20. The van der Waals surface area contributed by atoms with E-state index < -0.39 is 0 Å². The summed E-state index contributed by atoms with van der Waals surface area (Å²) in [6.45, 7) is 4.10. The molecule has 1 atom stereocenters. The second kappa shape index (κ2) is 10.9. The largest absolute Gasteiger partial charge is 0.502 e. The summed E-state index contributed by atoms with van der Waals surface area (Å²) >= 11 is 0. The van der Waals surface area contributed by atoms with Gasteiger partial charge in [0.2, 0.25) is 5.75 Å². The number of hydrogen-bond donors (Lipinski definition) is 3. The molecule has 154 valence electrons. The molecule has 0 saturated carbocycles. The number of ether oxygens (including phenoxy) is 2. The Morgan fingerprint density at radius 1 is 1.18 bits per heavy atom. The standard InChI is InChI=1S/C20H26FN3O3.HI/c1-12-6-7-15(10-16(12)21)13(2)24-20(22-3)23-11-14-8-17(26-4)19(25)18(9-14)27-5;/h6-10,13,25H,11H2,1-5H3,(H2,22,23,24);1H. The summed E-state index contributed by atoms with van der Waals surface area (Å²) in [5.41, 5.74) is 2.29. The maximum atomic E-state index is 13.8. The van der Waals surface area contributed by atoms with Crippen LogP contribution < -0.4 is 20.1 Å². The van der Waals surface area contributed by atoms with Crippen molar-refractivity contribution in [1.82, 2.24) is 10.6 Å². The average Bonchev–Trinajstić information content (AvgIpc) is 2.67. The summed E-state index contributed by atoms with van der Waals surface area (Å²) in [6, 6.07) is 8.48. The van der Waals surface area contributed by atoms with Crippen molar-refractivity contribution in [3.05, 3.63) is 52.8 Å². The highest BCUT2D eigenvalue weighted by atomic mass is 127. The molecule has 0 aromatic heterocycles. The molecule has 8 heteroatoms. The van der Waals surface area contributed by atoms with Crippen LogP contribution in [-0.4, -0.2) is 32.3 Å². The molecular formula is C20H27FIN3O3. The van der Waals surface area contributed by atoms with Gasteiger partial charge < -0.3 is 25.2 Å². The molecule has 1 unspecified atom stereocenters. The zero-order valence-electron chi connectivity index (χ0n) is 16.7. The third-order valence-electron chi connectivity index (χ3n) is 4.27. The van der Waals surface area contributed by atoms with Crippen molar-refractivity contribution < 1.29 is 19.0 Å². The monoisotopic (exact) mass is 503 g/mol. The topological polar surface area (TPSA) is 75.1 Å². The van der Waals surface area contributed by atoms with Crippen LogP contribution in [0.3, 0.4) is 0 Å². The Labute approximate surface area is 182 Å². The van der Waals surface area contributed by atoms with Crippen LogP contribution in [0.2, 0.25) is 0 Å². The number of guanidine groups is 1. The van der Waals surface area contributed by atoms with E-state index in [9.17, 15) is 9.50 Å². The van der Waals surface area contributed by atoms with Gasteiger partial charge in [0.05, 0.1) is 20.3 Å². The van der Waals surface area contributed by atoms with Crippen molar-refractivity contribution >= 4 is 29.9 Å². The first-order chi connectivity index (χ1) is 12.9. The van der Waals surface area contributed by atoms with Gasteiger partial charge in [-0.2, -0.15) is 0 Å². The van der Waals surface area contributed by atoms with Crippen molar-refractivity contribution in [3.63, 3.8) is 0 Å². The third kappa shape index (κ3) is 5.88. The van der Waals surface area contributed by atoms with Gasteiger partial charge in [0.25, 0.3) is 0 Å². The van der Waals surface area contributed by atoms with E-state index in [2.05, 4.69) is 15.6 Å². The van der Waals surface area contributed by atoms with Crippen molar-refractivity contribution in [1.29, 1.82) is 0 Å². The van der Waals surface area contributed by atoms with Gasteiger partial charge in [-0.1, -0.05) is 12.1 Å². The first-order valence-electron chi connectivity index (χ1n) is 8.56. The lowest BCUT2D eigenvalue weighted by Crippen LogP contribution is -2.38. The van der Waals surface area contributed by atoms with E-state index in [0.29, 0.717) is 29.6 Å². The maximum Gasteiger partial charge on any atom is 0.200 e. The van der Waals surface area contributed by atoms with Crippen LogP contribution in [0.5, 0.6) is 17.2 Å². The Balaban J connectivity index is 0.00000392. The Kier molecular flexibility index (Phi) is 9.30. The number of methoxy groups -OCH3 is 2. The van der Waals surface area contributed by atoms with Crippen LogP contribution in [0.4, 0.5) is 4.39 Å². The Hall–Kier alpha value is -2.23. The number of aromatic hydroxyl groups is 1. The van der Waals surface area contributed by atoms with Gasteiger partial charge in [-0.15, -0.1) is 24.0 Å². The highest BCUT2D eigenvalue weighted by molar-refractivity contribution is 14.0. The highest BCUT2D eigenvalue weighted by Gasteiger charge is 2.13. The number of halogens is 2. The molecule has 0 amide bonds. The number of nitrogens with one attached hydrogen (secondary N) is 2. The van der Waals surface area contributed by atoms with E-state index in [1.54, 1.807) is 32.2 Å².